The first-order valence-electron chi connectivity index (χ1n) is 5.71. The molecule has 6 heteroatoms. The van der Waals surface area contributed by atoms with Crippen molar-refractivity contribution in [3.05, 3.63) is 29.6 Å². The van der Waals surface area contributed by atoms with E-state index >= 15 is 0 Å². The summed E-state index contributed by atoms with van der Waals surface area (Å²) < 4.78 is 55.9. The van der Waals surface area contributed by atoms with Crippen molar-refractivity contribution in [3.8, 4) is 5.75 Å². The average Bonchev–Trinajstić information content (AvgIpc) is 2.32. The summed E-state index contributed by atoms with van der Waals surface area (Å²) >= 11 is 0. The summed E-state index contributed by atoms with van der Waals surface area (Å²) in [4.78, 5) is 0. The van der Waals surface area contributed by atoms with Crippen LogP contribution in [0.2, 0.25) is 0 Å². The standard InChI is InChI=1S/C12H13F4NO/c13-10-6-8(12(14,15)16)3-4-11(10)18-9-2-1-5-17-7-9/h3-4,6,9,17H,1-2,5,7H2/t9-/m0/s1. The Bertz CT molecular complexity index is 413. The predicted molar refractivity (Wildman–Crippen MR) is 57.9 cm³/mol. The van der Waals surface area contributed by atoms with E-state index in [1.807, 2.05) is 0 Å². The van der Waals surface area contributed by atoms with Crippen LogP contribution in [0.5, 0.6) is 5.75 Å². The maximum absolute atomic E-state index is 13.5. The van der Waals surface area contributed by atoms with Crippen LogP contribution < -0.4 is 10.1 Å². The monoisotopic (exact) mass is 263 g/mol. The van der Waals surface area contributed by atoms with Gasteiger partial charge in [0, 0.05) is 6.54 Å². The zero-order chi connectivity index (χ0) is 13.2. The van der Waals surface area contributed by atoms with Crippen LogP contribution in [0, 0.1) is 5.82 Å². The summed E-state index contributed by atoms with van der Waals surface area (Å²) in [5.74, 6) is -1.10. The lowest BCUT2D eigenvalue weighted by molar-refractivity contribution is -0.137. The highest BCUT2D eigenvalue weighted by Crippen LogP contribution is 2.32. The summed E-state index contributed by atoms with van der Waals surface area (Å²) in [5, 5.41) is 3.08. The normalized spacial score (nSPS) is 20.8. The van der Waals surface area contributed by atoms with Crippen molar-refractivity contribution in [2.45, 2.75) is 25.1 Å². The molecule has 1 aromatic rings. The molecule has 0 spiro atoms. The van der Waals surface area contributed by atoms with Crippen LogP contribution in [0.15, 0.2) is 18.2 Å². The number of alkyl halides is 3. The maximum atomic E-state index is 13.5. The van der Waals surface area contributed by atoms with Gasteiger partial charge in [0.25, 0.3) is 0 Å². The second-order valence-electron chi connectivity index (χ2n) is 4.23. The van der Waals surface area contributed by atoms with Crippen LogP contribution in [0.1, 0.15) is 18.4 Å². The Morgan fingerprint density at radius 2 is 2.06 bits per heavy atom. The number of hydrogen-bond donors (Lipinski definition) is 1. The van der Waals surface area contributed by atoms with E-state index in [4.69, 9.17) is 4.74 Å². The van der Waals surface area contributed by atoms with E-state index in [9.17, 15) is 17.6 Å². The van der Waals surface area contributed by atoms with Crippen molar-refractivity contribution in [3.63, 3.8) is 0 Å². The molecule has 1 atom stereocenters. The topological polar surface area (TPSA) is 21.3 Å². The van der Waals surface area contributed by atoms with Crippen molar-refractivity contribution in [1.82, 2.24) is 5.32 Å². The van der Waals surface area contributed by atoms with Gasteiger partial charge in [0.15, 0.2) is 11.6 Å². The van der Waals surface area contributed by atoms with Gasteiger partial charge in [-0.15, -0.1) is 0 Å². The maximum Gasteiger partial charge on any atom is 0.416 e. The third-order valence-corrected chi connectivity index (χ3v) is 2.80. The van der Waals surface area contributed by atoms with Gasteiger partial charge in [-0.05, 0) is 37.6 Å². The number of nitrogens with one attached hydrogen (secondary N) is 1. The molecule has 1 heterocycles. The molecule has 1 aromatic carbocycles. The summed E-state index contributed by atoms with van der Waals surface area (Å²) in [6.07, 6.45) is -3.04. The summed E-state index contributed by atoms with van der Waals surface area (Å²) in [5.41, 5.74) is -1.01. The van der Waals surface area contributed by atoms with Crippen LogP contribution in [0.3, 0.4) is 0 Å². The number of halogens is 4. The molecule has 0 unspecified atom stereocenters. The molecule has 1 aliphatic rings. The minimum absolute atomic E-state index is 0.128. The minimum Gasteiger partial charge on any atom is -0.486 e. The molecule has 2 rings (SSSR count). The highest BCUT2D eigenvalue weighted by atomic mass is 19.4. The lowest BCUT2D eigenvalue weighted by Crippen LogP contribution is -2.37. The molecule has 1 N–H and O–H groups in total. The molecule has 0 saturated carbocycles. The van der Waals surface area contributed by atoms with Crippen LogP contribution in [0.4, 0.5) is 17.6 Å². The lowest BCUT2D eigenvalue weighted by Gasteiger charge is -2.24. The first-order chi connectivity index (χ1) is 8.47. The first kappa shape index (κ1) is 13.1. The first-order valence-corrected chi connectivity index (χ1v) is 5.71. The number of ether oxygens (including phenoxy) is 1. The quantitative estimate of drug-likeness (QED) is 0.828. The van der Waals surface area contributed by atoms with E-state index in [0.717, 1.165) is 31.5 Å². The van der Waals surface area contributed by atoms with E-state index in [1.54, 1.807) is 0 Å². The molecule has 0 aromatic heterocycles. The molecular formula is C12H13F4NO. The van der Waals surface area contributed by atoms with E-state index in [2.05, 4.69) is 5.32 Å². The summed E-state index contributed by atoms with van der Waals surface area (Å²) in [6.45, 7) is 1.47. The molecule has 2 nitrogen and oxygen atoms in total. The Balaban J connectivity index is 2.09. The fourth-order valence-electron chi connectivity index (χ4n) is 1.87. The predicted octanol–water partition coefficient (Wildman–Crippen LogP) is 2.98. The number of hydrogen-bond acceptors (Lipinski definition) is 2. The van der Waals surface area contributed by atoms with Crippen molar-refractivity contribution in [2.75, 3.05) is 13.1 Å². The highest BCUT2D eigenvalue weighted by molar-refractivity contribution is 5.31. The SMILES string of the molecule is Fc1cc(C(F)(F)F)ccc1O[C@H]1CCCNC1. The molecule has 0 radical (unpaired) electrons. The zero-order valence-electron chi connectivity index (χ0n) is 9.56. The number of rotatable bonds is 2. The van der Waals surface area contributed by atoms with Gasteiger partial charge >= 0.3 is 6.18 Å². The van der Waals surface area contributed by atoms with Gasteiger partial charge in [0.2, 0.25) is 0 Å². The van der Waals surface area contributed by atoms with E-state index in [-0.39, 0.29) is 11.9 Å². The molecule has 0 amide bonds. The van der Waals surface area contributed by atoms with E-state index < -0.39 is 17.6 Å². The number of benzene rings is 1. The third-order valence-electron chi connectivity index (χ3n) is 2.80. The Labute approximate surface area is 102 Å². The minimum atomic E-state index is -4.54. The van der Waals surface area contributed by atoms with Crippen LogP contribution in [0.25, 0.3) is 0 Å². The molecule has 1 saturated heterocycles. The average molecular weight is 263 g/mol. The highest BCUT2D eigenvalue weighted by Gasteiger charge is 2.31. The smallest absolute Gasteiger partial charge is 0.416 e. The molecule has 0 aliphatic carbocycles. The van der Waals surface area contributed by atoms with Crippen LogP contribution in [-0.4, -0.2) is 19.2 Å². The Morgan fingerprint density at radius 3 is 2.61 bits per heavy atom. The zero-order valence-corrected chi connectivity index (χ0v) is 9.56. The molecule has 0 bridgehead atoms. The molecule has 18 heavy (non-hydrogen) atoms. The summed E-state index contributed by atoms with van der Waals surface area (Å²) in [7, 11) is 0. The van der Waals surface area contributed by atoms with Gasteiger partial charge in [-0.2, -0.15) is 13.2 Å². The van der Waals surface area contributed by atoms with E-state index in [1.165, 1.54) is 0 Å². The van der Waals surface area contributed by atoms with Gasteiger partial charge in [-0.3, -0.25) is 0 Å². The lowest BCUT2D eigenvalue weighted by atomic mass is 10.1. The molecule has 100 valence electrons. The van der Waals surface area contributed by atoms with Gasteiger partial charge in [0.05, 0.1) is 5.56 Å². The van der Waals surface area contributed by atoms with Crippen LogP contribution >= 0.6 is 0 Å². The fourth-order valence-corrected chi connectivity index (χ4v) is 1.87. The van der Waals surface area contributed by atoms with Gasteiger partial charge in [0.1, 0.15) is 6.10 Å². The summed E-state index contributed by atoms with van der Waals surface area (Å²) in [6, 6.07) is 2.33. The second kappa shape index (κ2) is 5.14. The van der Waals surface area contributed by atoms with Gasteiger partial charge in [-0.1, -0.05) is 0 Å². The van der Waals surface area contributed by atoms with Gasteiger partial charge < -0.3 is 10.1 Å². The third kappa shape index (κ3) is 3.13. The van der Waals surface area contributed by atoms with Crippen molar-refractivity contribution in [1.29, 1.82) is 0 Å². The van der Waals surface area contributed by atoms with E-state index in [0.29, 0.717) is 12.6 Å². The Kier molecular flexibility index (Phi) is 3.75. The second-order valence-corrected chi connectivity index (χ2v) is 4.23. The van der Waals surface area contributed by atoms with Crippen molar-refractivity contribution in [2.24, 2.45) is 0 Å². The number of piperidine rings is 1. The van der Waals surface area contributed by atoms with Crippen LogP contribution in [-0.2, 0) is 6.18 Å². The Morgan fingerprint density at radius 1 is 1.28 bits per heavy atom. The molecule has 1 aliphatic heterocycles. The molecule has 1 fully saturated rings. The molecular weight excluding hydrogens is 250 g/mol. The van der Waals surface area contributed by atoms with Crippen molar-refractivity contribution < 1.29 is 22.3 Å². The Hall–Kier alpha value is -1.30. The largest absolute Gasteiger partial charge is 0.486 e. The van der Waals surface area contributed by atoms with Crippen molar-refractivity contribution >= 4 is 0 Å². The van der Waals surface area contributed by atoms with Gasteiger partial charge in [-0.25, -0.2) is 4.39 Å². The fraction of sp³-hybridized carbons (Fsp3) is 0.500.